The molecule has 0 atom stereocenters. The number of carbonyl (C=O) groups excluding carboxylic acids is 1. The molecule has 0 saturated heterocycles. The molecular formula is C14H18NO2+. The van der Waals surface area contributed by atoms with Crippen LogP contribution in [0.25, 0.3) is 0 Å². The molecule has 1 aliphatic carbocycles. The highest BCUT2D eigenvalue weighted by molar-refractivity contribution is 5.95. The molecule has 3 nitrogen and oxygen atoms in total. The second-order valence-electron chi connectivity index (χ2n) is 4.55. The van der Waals surface area contributed by atoms with Gasteiger partial charge in [-0.3, -0.25) is 4.79 Å². The maximum absolute atomic E-state index is 11.8. The highest BCUT2D eigenvalue weighted by atomic mass is 16.5. The lowest BCUT2D eigenvalue weighted by Gasteiger charge is -2.15. The predicted octanol–water partition coefficient (Wildman–Crippen LogP) is 2.23. The van der Waals surface area contributed by atoms with Gasteiger partial charge < -0.3 is 4.74 Å². The summed E-state index contributed by atoms with van der Waals surface area (Å²) in [6, 6.07) is 5.83. The minimum atomic E-state index is 0.121. The quantitative estimate of drug-likeness (QED) is 0.732. The SMILES string of the molecule is CC1=C(Oc2cccc(C)[n+]2C)C(=O)CCC1. The highest BCUT2D eigenvalue weighted by Crippen LogP contribution is 2.23. The van der Waals surface area contributed by atoms with Gasteiger partial charge in [0.1, 0.15) is 7.05 Å². The summed E-state index contributed by atoms with van der Waals surface area (Å²) in [5.41, 5.74) is 2.16. The Bertz CT molecular complexity index is 489. The molecule has 3 heteroatoms. The Morgan fingerprint density at radius 1 is 1.24 bits per heavy atom. The summed E-state index contributed by atoms with van der Waals surface area (Å²) < 4.78 is 7.73. The minimum absolute atomic E-state index is 0.121. The van der Waals surface area contributed by atoms with E-state index < -0.39 is 0 Å². The Hall–Kier alpha value is -1.64. The fourth-order valence-corrected chi connectivity index (χ4v) is 2.00. The Morgan fingerprint density at radius 3 is 2.71 bits per heavy atom. The van der Waals surface area contributed by atoms with Crippen molar-refractivity contribution in [3.63, 3.8) is 0 Å². The normalized spacial score (nSPS) is 16.3. The summed E-state index contributed by atoms with van der Waals surface area (Å²) >= 11 is 0. The Balaban J connectivity index is 2.32. The first-order valence-electron chi connectivity index (χ1n) is 5.96. The molecular weight excluding hydrogens is 214 g/mol. The predicted molar refractivity (Wildman–Crippen MR) is 64.5 cm³/mol. The van der Waals surface area contributed by atoms with Gasteiger partial charge in [-0.05, 0) is 31.4 Å². The number of aromatic nitrogens is 1. The van der Waals surface area contributed by atoms with E-state index in [1.165, 1.54) is 0 Å². The van der Waals surface area contributed by atoms with Crippen LogP contribution in [0, 0.1) is 6.92 Å². The van der Waals surface area contributed by atoms with Gasteiger partial charge in [-0.1, -0.05) is 0 Å². The van der Waals surface area contributed by atoms with E-state index in [4.69, 9.17) is 4.74 Å². The third kappa shape index (κ3) is 2.38. The van der Waals surface area contributed by atoms with Gasteiger partial charge in [0.25, 0.3) is 0 Å². The van der Waals surface area contributed by atoms with Crippen LogP contribution in [0.2, 0.25) is 0 Å². The lowest BCUT2D eigenvalue weighted by molar-refractivity contribution is -0.682. The minimum Gasteiger partial charge on any atom is -0.401 e. The molecule has 0 aliphatic heterocycles. The molecule has 2 rings (SSSR count). The molecule has 1 aromatic rings. The van der Waals surface area contributed by atoms with Crippen molar-refractivity contribution in [1.82, 2.24) is 0 Å². The van der Waals surface area contributed by atoms with Crippen molar-refractivity contribution >= 4 is 5.78 Å². The molecule has 90 valence electrons. The summed E-state index contributed by atoms with van der Waals surface area (Å²) in [5, 5.41) is 0. The number of hydrogen-bond donors (Lipinski definition) is 0. The molecule has 0 N–H and O–H groups in total. The van der Waals surface area contributed by atoms with Gasteiger partial charge in [0.2, 0.25) is 0 Å². The molecule has 0 bridgehead atoms. The van der Waals surface area contributed by atoms with Gasteiger partial charge in [0, 0.05) is 19.4 Å². The highest BCUT2D eigenvalue weighted by Gasteiger charge is 2.23. The maximum atomic E-state index is 11.8. The Labute approximate surface area is 102 Å². The fourth-order valence-electron chi connectivity index (χ4n) is 2.00. The van der Waals surface area contributed by atoms with E-state index >= 15 is 0 Å². The molecule has 0 spiro atoms. The average molecular weight is 232 g/mol. The van der Waals surface area contributed by atoms with Crippen LogP contribution >= 0.6 is 0 Å². The molecule has 0 unspecified atom stereocenters. The Kier molecular flexibility index (Phi) is 3.27. The number of carbonyl (C=O) groups is 1. The summed E-state index contributed by atoms with van der Waals surface area (Å²) in [6.45, 7) is 3.99. The first-order valence-corrected chi connectivity index (χ1v) is 5.96. The number of pyridine rings is 1. The van der Waals surface area contributed by atoms with Crippen LogP contribution in [0.4, 0.5) is 0 Å². The zero-order chi connectivity index (χ0) is 12.4. The molecule has 0 aromatic carbocycles. The van der Waals surface area contributed by atoms with Crippen LogP contribution in [-0.2, 0) is 11.8 Å². The molecule has 0 amide bonds. The summed E-state index contributed by atoms with van der Waals surface area (Å²) in [7, 11) is 1.94. The van der Waals surface area contributed by atoms with Crippen molar-refractivity contribution in [2.24, 2.45) is 7.05 Å². The van der Waals surface area contributed by atoms with Crippen molar-refractivity contribution in [2.45, 2.75) is 33.1 Å². The lowest BCUT2D eigenvalue weighted by atomic mass is 9.98. The van der Waals surface area contributed by atoms with Gasteiger partial charge >= 0.3 is 5.88 Å². The van der Waals surface area contributed by atoms with Crippen molar-refractivity contribution < 1.29 is 14.1 Å². The fraction of sp³-hybridized carbons (Fsp3) is 0.429. The van der Waals surface area contributed by atoms with Crippen LogP contribution in [0.5, 0.6) is 5.88 Å². The second-order valence-corrected chi connectivity index (χ2v) is 4.55. The van der Waals surface area contributed by atoms with E-state index in [-0.39, 0.29) is 5.78 Å². The lowest BCUT2D eigenvalue weighted by Crippen LogP contribution is -2.34. The van der Waals surface area contributed by atoms with Crippen molar-refractivity contribution in [1.29, 1.82) is 0 Å². The largest absolute Gasteiger partial charge is 0.401 e. The van der Waals surface area contributed by atoms with E-state index in [9.17, 15) is 4.79 Å². The van der Waals surface area contributed by atoms with Gasteiger partial charge in [-0.15, -0.1) is 0 Å². The third-order valence-electron chi connectivity index (χ3n) is 3.24. The number of aryl methyl sites for hydroxylation is 1. The molecule has 0 radical (unpaired) electrons. The number of ether oxygens (including phenoxy) is 1. The summed E-state index contributed by atoms with van der Waals surface area (Å²) in [4.78, 5) is 11.8. The van der Waals surface area contributed by atoms with Gasteiger partial charge in [-0.2, -0.15) is 4.57 Å². The van der Waals surface area contributed by atoms with E-state index in [0.717, 1.165) is 30.0 Å². The topological polar surface area (TPSA) is 30.2 Å². The van der Waals surface area contributed by atoms with E-state index in [1.54, 1.807) is 0 Å². The smallest absolute Gasteiger partial charge is 0.373 e. The third-order valence-corrected chi connectivity index (χ3v) is 3.24. The second kappa shape index (κ2) is 4.70. The van der Waals surface area contributed by atoms with Gasteiger partial charge in [0.15, 0.2) is 17.2 Å². The molecule has 1 heterocycles. The monoisotopic (exact) mass is 232 g/mol. The van der Waals surface area contributed by atoms with Crippen LogP contribution in [-0.4, -0.2) is 5.78 Å². The summed E-state index contributed by atoms with van der Waals surface area (Å²) in [6.07, 6.45) is 2.50. The van der Waals surface area contributed by atoms with Crippen molar-refractivity contribution in [3.05, 3.63) is 35.2 Å². The molecule has 1 aromatic heterocycles. The van der Waals surface area contributed by atoms with E-state index in [2.05, 4.69) is 0 Å². The standard InChI is InChI=1S/C14H18NO2/c1-10-6-4-8-12(16)14(10)17-13-9-5-7-11(2)15(13)3/h5,7,9H,4,6,8H2,1-3H3/q+1. The van der Waals surface area contributed by atoms with Crippen LogP contribution in [0.3, 0.4) is 0 Å². The molecule has 0 fully saturated rings. The first-order chi connectivity index (χ1) is 8.09. The Morgan fingerprint density at radius 2 is 2.00 bits per heavy atom. The van der Waals surface area contributed by atoms with E-state index in [0.29, 0.717) is 12.2 Å². The number of allylic oxidation sites excluding steroid dienone is 2. The van der Waals surface area contributed by atoms with Gasteiger partial charge in [0.05, 0.1) is 6.07 Å². The molecule has 0 saturated carbocycles. The zero-order valence-corrected chi connectivity index (χ0v) is 10.6. The van der Waals surface area contributed by atoms with Crippen LogP contribution in [0.1, 0.15) is 31.9 Å². The number of rotatable bonds is 2. The first kappa shape index (κ1) is 11.8. The summed E-state index contributed by atoms with van der Waals surface area (Å²) in [5.74, 6) is 1.38. The molecule has 1 aliphatic rings. The van der Waals surface area contributed by atoms with Crippen LogP contribution in [0.15, 0.2) is 29.5 Å². The maximum Gasteiger partial charge on any atom is 0.373 e. The number of Topliss-reactive ketones (excluding diaryl/α,β-unsaturated/α-hetero) is 1. The number of ketones is 1. The van der Waals surface area contributed by atoms with Crippen molar-refractivity contribution in [3.8, 4) is 5.88 Å². The van der Waals surface area contributed by atoms with E-state index in [1.807, 2.05) is 43.7 Å². The molecule has 17 heavy (non-hydrogen) atoms. The zero-order valence-electron chi connectivity index (χ0n) is 10.6. The number of nitrogens with zero attached hydrogens (tertiary/aromatic N) is 1. The van der Waals surface area contributed by atoms with Gasteiger partial charge in [-0.25, -0.2) is 0 Å². The average Bonchev–Trinajstić information content (AvgIpc) is 2.29. The number of hydrogen-bond acceptors (Lipinski definition) is 2. The van der Waals surface area contributed by atoms with Crippen molar-refractivity contribution in [2.75, 3.05) is 0 Å². The van der Waals surface area contributed by atoms with Crippen LogP contribution < -0.4 is 9.30 Å².